The zero-order valence-electron chi connectivity index (χ0n) is 16.9. The summed E-state index contributed by atoms with van der Waals surface area (Å²) in [6.45, 7) is 0.541. The molecule has 0 radical (unpaired) electrons. The number of rotatable bonds is 7. The molecule has 1 heterocycles. The Morgan fingerprint density at radius 3 is 2.60 bits per heavy atom. The van der Waals surface area contributed by atoms with Gasteiger partial charge in [0.05, 0.1) is 25.9 Å². The van der Waals surface area contributed by atoms with E-state index in [2.05, 4.69) is 5.32 Å². The van der Waals surface area contributed by atoms with Gasteiger partial charge in [0.15, 0.2) is 11.5 Å². The fraction of sp³-hybridized carbons (Fsp3) is 0.381. The highest BCUT2D eigenvalue weighted by atomic mass is 35.5. The van der Waals surface area contributed by atoms with Crippen molar-refractivity contribution in [2.24, 2.45) is 5.92 Å². The minimum absolute atomic E-state index is 0.145. The Bertz CT molecular complexity index is 1010. The van der Waals surface area contributed by atoms with Crippen molar-refractivity contribution >= 4 is 33.2 Å². The van der Waals surface area contributed by atoms with Crippen LogP contribution in [-0.4, -0.2) is 45.9 Å². The number of nitrogens with zero attached hydrogens (tertiary/aromatic N) is 1. The van der Waals surface area contributed by atoms with Crippen molar-refractivity contribution in [3.63, 3.8) is 0 Å². The number of nitrogens with one attached hydrogen (secondary N) is 1. The van der Waals surface area contributed by atoms with Gasteiger partial charge in [0.1, 0.15) is 0 Å². The zero-order valence-corrected chi connectivity index (χ0v) is 18.5. The van der Waals surface area contributed by atoms with Gasteiger partial charge in [0, 0.05) is 29.9 Å². The summed E-state index contributed by atoms with van der Waals surface area (Å²) in [5, 5.41) is 3.27. The molecular formula is C21H25ClN2O5S. The Labute approximate surface area is 182 Å². The van der Waals surface area contributed by atoms with Crippen molar-refractivity contribution in [1.29, 1.82) is 0 Å². The van der Waals surface area contributed by atoms with E-state index in [0.29, 0.717) is 47.2 Å². The van der Waals surface area contributed by atoms with Gasteiger partial charge in [0.2, 0.25) is 15.9 Å². The summed E-state index contributed by atoms with van der Waals surface area (Å²) in [7, 11) is -0.528. The predicted molar refractivity (Wildman–Crippen MR) is 117 cm³/mol. The quantitative estimate of drug-likeness (QED) is 0.694. The number of sulfonamides is 1. The number of anilines is 1. The highest BCUT2D eigenvalue weighted by Gasteiger charge is 2.32. The minimum atomic E-state index is -3.59. The van der Waals surface area contributed by atoms with E-state index in [4.69, 9.17) is 21.1 Å². The Balaban J connectivity index is 1.68. The topological polar surface area (TPSA) is 84.9 Å². The molecule has 30 heavy (non-hydrogen) atoms. The van der Waals surface area contributed by atoms with Gasteiger partial charge in [-0.25, -0.2) is 12.7 Å². The predicted octanol–water partition coefficient (Wildman–Crippen LogP) is 3.54. The minimum Gasteiger partial charge on any atom is -0.493 e. The van der Waals surface area contributed by atoms with Crippen LogP contribution in [0, 0.1) is 5.92 Å². The summed E-state index contributed by atoms with van der Waals surface area (Å²) >= 11 is 6.12. The molecule has 2 aromatic rings. The molecule has 0 saturated carbocycles. The molecule has 1 aliphatic heterocycles. The Morgan fingerprint density at radius 2 is 1.90 bits per heavy atom. The molecule has 1 atom stereocenters. The molecular weight excluding hydrogens is 428 g/mol. The van der Waals surface area contributed by atoms with Crippen LogP contribution in [0.4, 0.5) is 5.69 Å². The van der Waals surface area contributed by atoms with Crippen LogP contribution in [0.15, 0.2) is 42.5 Å². The lowest BCUT2D eigenvalue weighted by Crippen LogP contribution is -2.44. The third-order valence-corrected chi connectivity index (χ3v) is 7.26. The summed E-state index contributed by atoms with van der Waals surface area (Å²) in [5.41, 5.74) is 1.12. The van der Waals surface area contributed by atoms with Crippen LogP contribution in [0.3, 0.4) is 0 Å². The molecule has 0 bridgehead atoms. The first kappa shape index (κ1) is 22.4. The number of ether oxygens (including phenoxy) is 2. The number of carbonyl (C=O) groups is 1. The third-order valence-electron chi connectivity index (χ3n) is 5.10. The van der Waals surface area contributed by atoms with E-state index in [-0.39, 0.29) is 18.2 Å². The summed E-state index contributed by atoms with van der Waals surface area (Å²) in [6, 6.07) is 12.0. The molecule has 1 aliphatic rings. The first-order valence-corrected chi connectivity index (χ1v) is 11.6. The fourth-order valence-electron chi connectivity index (χ4n) is 3.47. The highest BCUT2D eigenvalue weighted by Crippen LogP contribution is 2.30. The average Bonchev–Trinajstić information content (AvgIpc) is 2.75. The largest absolute Gasteiger partial charge is 0.493 e. The number of carbonyl (C=O) groups excluding carboxylic acids is 1. The maximum atomic E-state index is 12.9. The van der Waals surface area contributed by atoms with Crippen molar-refractivity contribution in [3.8, 4) is 11.5 Å². The number of piperidine rings is 1. The molecule has 0 aromatic heterocycles. The molecule has 0 aliphatic carbocycles. The second-order valence-corrected chi connectivity index (χ2v) is 9.48. The molecule has 1 amide bonds. The van der Waals surface area contributed by atoms with Crippen LogP contribution < -0.4 is 14.8 Å². The summed E-state index contributed by atoms with van der Waals surface area (Å²) in [5.74, 6) is 0.220. The third kappa shape index (κ3) is 5.24. The lowest BCUT2D eigenvalue weighted by molar-refractivity contribution is -0.120. The van der Waals surface area contributed by atoms with E-state index < -0.39 is 15.9 Å². The Hall–Kier alpha value is -2.29. The van der Waals surface area contributed by atoms with Crippen molar-refractivity contribution < 1.29 is 22.7 Å². The second-order valence-electron chi connectivity index (χ2n) is 7.10. The van der Waals surface area contributed by atoms with Crippen LogP contribution in [0.1, 0.15) is 18.4 Å². The maximum absolute atomic E-state index is 12.9. The van der Waals surface area contributed by atoms with Crippen molar-refractivity contribution in [1.82, 2.24) is 4.31 Å². The number of halogens is 1. The van der Waals surface area contributed by atoms with Crippen LogP contribution in [0.5, 0.6) is 11.5 Å². The molecule has 9 heteroatoms. The standard InChI is InChI=1S/C21H25ClN2O5S/c1-28-19-10-9-17(12-20(19)29-2)23-21(25)15-7-5-11-24(13-15)30(26,27)14-16-6-3-4-8-18(16)22/h3-4,6,8-10,12,15H,5,7,11,13-14H2,1-2H3,(H,23,25). The summed E-state index contributed by atoms with van der Waals surface area (Å²) < 4.78 is 37.6. The molecule has 1 saturated heterocycles. The zero-order chi connectivity index (χ0) is 21.7. The van der Waals surface area contributed by atoms with Gasteiger partial charge in [-0.2, -0.15) is 0 Å². The molecule has 3 rings (SSSR count). The number of hydrogen-bond donors (Lipinski definition) is 1. The van der Waals surface area contributed by atoms with Crippen molar-refractivity contribution in [3.05, 3.63) is 53.1 Å². The van der Waals surface area contributed by atoms with Gasteiger partial charge in [-0.05, 0) is 36.6 Å². The van der Waals surface area contributed by atoms with Gasteiger partial charge in [-0.15, -0.1) is 0 Å². The molecule has 0 spiro atoms. The summed E-state index contributed by atoms with van der Waals surface area (Å²) in [4.78, 5) is 12.8. The van der Waals surface area contributed by atoms with E-state index >= 15 is 0 Å². The van der Waals surface area contributed by atoms with Gasteiger partial charge in [-0.3, -0.25) is 4.79 Å². The smallest absolute Gasteiger partial charge is 0.228 e. The molecule has 1 unspecified atom stereocenters. The second kappa shape index (κ2) is 9.68. The van der Waals surface area contributed by atoms with Crippen molar-refractivity contribution in [2.45, 2.75) is 18.6 Å². The molecule has 1 N–H and O–H groups in total. The highest BCUT2D eigenvalue weighted by molar-refractivity contribution is 7.88. The number of methoxy groups -OCH3 is 2. The Kier molecular flexibility index (Phi) is 7.23. The van der Waals surface area contributed by atoms with Crippen LogP contribution in [0.25, 0.3) is 0 Å². The monoisotopic (exact) mass is 452 g/mol. The van der Waals surface area contributed by atoms with Gasteiger partial charge >= 0.3 is 0 Å². The van der Waals surface area contributed by atoms with Gasteiger partial charge < -0.3 is 14.8 Å². The Morgan fingerprint density at radius 1 is 1.17 bits per heavy atom. The maximum Gasteiger partial charge on any atom is 0.228 e. The number of hydrogen-bond acceptors (Lipinski definition) is 5. The molecule has 1 fully saturated rings. The fourth-order valence-corrected chi connectivity index (χ4v) is 5.39. The van der Waals surface area contributed by atoms with Crippen LogP contribution in [0.2, 0.25) is 5.02 Å². The first-order valence-electron chi connectivity index (χ1n) is 9.58. The van der Waals surface area contributed by atoms with E-state index in [1.165, 1.54) is 18.5 Å². The van der Waals surface area contributed by atoms with E-state index in [0.717, 1.165) is 0 Å². The first-order chi connectivity index (χ1) is 14.3. The van der Waals surface area contributed by atoms with E-state index in [1.54, 1.807) is 42.5 Å². The lowest BCUT2D eigenvalue weighted by atomic mass is 9.98. The number of benzene rings is 2. The van der Waals surface area contributed by atoms with Crippen LogP contribution >= 0.6 is 11.6 Å². The van der Waals surface area contributed by atoms with Crippen molar-refractivity contribution in [2.75, 3.05) is 32.6 Å². The summed E-state index contributed by atoms with van der Waals surface area (Å²) in [6.07, 6.45) is 1.24. The molecule has 7 nitrogen and oxygen atoms in total. The van der Waals surface area contributed by atoms with E-state index in [9.17, 15) is 13.2 Å². The molecule has 2 aromatic carbocycles. The average molecular weight is 453 g/mol. The molecule has 162 valence electrons. The lowest BCUT2D eigenvalue weighted by Gasteiger charge is -2.31. The SMILES string of the molecule is COc1ccc(NC(=O)C2CCCN(S(=O)(=O)Cc3ccccc3Cl)C2)cc1OC. The van der Waals surface area contributed by atoms with Gasteiger partial charge in [0.25, 0.3) is 0 Å². The van der Waals surface area contributed by atoms with E-state index in [1.807, 2.05) is 0 Å². The van der Waals surface area contributed by atoms with Crippen LogP contribution in [-0.2, 0) is 20.6 Å². The number of amides is 1. The normalized spacial score (nSPS) is 17.4. The van der Waals surface area contributed by atoms with Gasteiger partial charge in [-0.1, -0.05) is 29.8 Å².